The number of methoxy groups -OCH3 is 1. The zero-order valence-electron chi connectivity index (χ0n) is 16.1. The SMILES string of the molecule is COc1ccc(N2C(=O)CS[C@@H]2c2ccc(NC(=O)C(C)(C)CCl)cc2)cc1. The summed E-state index contributed by atoms with van der Waals surface area (Å²) in [4.78, 5) is 26.5. The predicted octanol–water partition coefficient (Wildman–Crippen LogP) is 4.68. The van der Waals surface area contributed by atoms with Crippen molar-refractivity contribution in [2.75, 3.05) is 29.0 Å². The Morgan fingerprint density at radius 2 is 1.86 bits per heavy atom. The van der Waals surface area contributed by atoms with Gasteiger partial charge in [-0.1, -0.05) is 12.1 Å². The van der Waals surface area contributed by atoms with Gasteiger partial charge in [-0.2, -0.15) is 0 Å². The molecule has 0 saturated carbocycles. The van der Waals surface area contributed by atoms with E-state index in [2.05, 4.69) is 5.32 Å². The highest BCUT2D eigenvalue weighted by molar-refractivity contribution is 8.00. The van der Waals surface area contributed by atoms with E-state index in [9.17, 15) is 9.59 Å². The van der Waals surface area contributed by atoms with Crippen LogP contribution >= 0.6 is 23.4 Å². The van der Waals surface area contributed by atoms with E-state index in [4.69, 9.17) is 16.3 Å². The van der Waals surface area contributed by atoms with Crippen LogP contribution in [-0.2, 0) is 9.59 Å². The Labute approximate surface area is 174 Å². The first-order valence-corrected chi connectivity index (χ1v) is 10.5. The van der Waals surface area contributed by atoms with Crippen molar-refractivity contribution in [3.05, 3.63) is 54.1 Å². The lowest BCUT2D eigenvalue weighted by Gasteiger charge is -2.25. The molecule has 1 N–H and O–H groups in total. The number of nitrogens with one attached hydrogen (secondary N) is 1. The number of alkyl halides is 1. The molecule has 1 aliphatic rings. The van der Waals surface area contributed by atoms with Crippen LogP contribution < -0.4 is 15.0 Å². The number of rotatable bonds is 6. The number of thioether (sulfide) groups is 1. The van der Waals surface area contributed by atoms with Crippen LogP contribution in [0.3, 0.4) is 0 Å². The first kappa shape index (κ1) is 20.6. The van der Waals surface area contributed by atoms with Gasteiger partial charge in [0.15, 0.2) is 0 Å². The number of hydrogen-bond donors (Lipinski definition) is 1. The second-order valence-corrected chi connectivity index (χ2v) is 8.55. The molecule has 2 aromatic rings. The highest BCUT2D eigenvalue weighted by Gasteiger charge is 2.34. The molecule has 0 radical (unpaired) electrons. The van der Waals surface area contributed by atoms with Crippen LogP contribution in [0.15, 0.2) is 48.5 Å². The fourth-order valence-corrected chi connectivity index (χ4v) is 4.08. The lowest BCUT2D eigenvalue weighted by Crippen LogP contribution is -2.32. The van der Waals surface area contributed by atoms with Crippen molar-refractivity contribution in [2.45, 2.75) is 19.2 Å². The van der Waals surface area contributed by atoms with Crippen LogP contribution in [-0.4, -0.2) is 30.6 Å². The third-order valence-corrected chi connectivity index (χ3v) is 6.50. The summed E-state index contributed by atoms with van der Waals surface area (Å²) in [6, 6.07) is 15.1. The summed E-state index contributed by atoms with van der Waals surface area (Å²) in [5, 5.41) is 2.78. The first-order chi connectivity index (χ1) is 13.4. The second kappa shape index (κ2) is 8.45. The van der Waals surface area contributed by atoms with E-state index in [1.807, 2.05) is 48.5 Å². The van der Waals surface area contributed by atoms with Gasteiger partial charge in [0.2, 0.25) is 11.8 Å². The molecule has 2 amide bonds. The van der Waals surface area contributed by atoms with Crippen LogP contribution in [0.4, 0.5) is 11.4 Å². The van der Waals surface area contributed by atoms with E-state index in [1.165, 1.54) is 0 Å². The van der Waals surface area contributed by atoms with E-state index < -0.39 is 5.41 Å². The molecule has 0 spiro atoms. The lowest BCUT2D eigenvalue weighted by molar-refractivity contribution is -0.123. The Bertz CT molecular complexity index is 853. The molecule has 1 heterocycles. The molecule has 1 fully saturated rings. The summed E-state index contributed by atoms with van der Waals surface area (Å²) in [5.74, 6) is 1.37. The monoisotopic (exact) mass is 418 g/mol. The molecule has 5 nitrogen and oxygen atoms in total. The molecule has 28 heavy (non-hydrogen) atoms. The van der Waals surface area contributed by atoms with Gasteiger partial charge in [0, 0.05) is 17.3 Å². The van der Waals surface area contributed by atoms with Crippen molar-refractivity contribution in [3.63, 3.8) is 0 Å². The summed E-state index contributed by atoms with van der Waals surface area (Å²) in [7, 11) is 1.61. The fourth-order valence-electron chi connectivity index (χ4n) is 2.78. The van der Waals surface area contributed by atoms with E-state index in [0.29, 0.717) is 11.4 Å². The number of nitrogens with zero attached hydrogens (tertiary/aromatic N) is 1. The molecule has 0 unspecified atom stereocenters. The molecule has 2 aromatic carbocycles. The van der Waals surface area contributed by atoms with Gasteiger partial charge < -0.3 is 10.1 Å². The van der Waals surface area contributed by atoms with Gasteiger partial charge >= 0.3 is 0 Å². The first-order valence-electron chi connectivity index (χ1n) is 8.91. The summed E-state index contributed by atoms with van der Waals surface area (Å²) < 4.78 is 5.20. The molecule has 1 aliphatic heterocycles. The summed E-state index contributed by atoms with van der Waals surface area (Å²) in [5.41, 5.74) is 1.90. The molecule has 7 heteroatoms. The number of anilines is 2. The van der Waals surface area contributed by atoms with Gasteiger partial charge in [0.25, 0.3) is 0 Å². The average Bonchev–Trinajstić information content (AvgIpc) is 3.10. The summed E-state index contributed by atoms with van der Waals surface area (Å²) in [6.45, 7) is 3.61. The number of carbonyl (C=O) groups is 2. The summed E-state index contributed by atoms with van der Waals surface area (Å²) >= 11 is 7.45. The molecule has 0 aromatic heterocycles. The third-order valence-electron chi connectivity index (χ3n) is 4.62. The van der Waals surface area contributed by atoms with Crippen molar-refractivity contribution in [2.24, 2.45) is 5.41 Å². The van der Waals surface area contributed by atoms with Crippen LogP contribution in [0.5, 0.6) is 5.75 Å². The maximum absolute atomic E-state index is 12.5. The fraction of sp³-hybridized carbons (Fsp3) is 0.333. The van der Waals surface area contributed by atoms with Gasteiger partial charge in [0.1, 0.15) is 11.1 Å². The van der Waals surface area contributed by atoms with Crippen molar-refractivity contribution in [3.8, 4) is 5.75 Å². The Balaban J connectivity index is 1.78. The Morgan fingerprint density at radius 1 is 1.21 bits per heavy atom. The van der Waals surface area contributed by atoms with E-state index >= 15 is 0 Å². The van der Waals surface area contributed by atoms with Gasteiger partial charge in [0.05, 0.1) is 18.3 Å². The molecular weight excluding hydrogens is 396 g/mol. The molecule has 1 atom stereocenters. The zero-order valence-corrected chi connectivity index (χ0v) is 17.6. The molecule has 0 bridgehead atoms. The smallest absolute Gasteiger partial charge is 0.238 e. The minimum absolute atomic E-state index is 0.0707. The summed E-state index contributed by atoms with van der Waals surface area (Å²) in [6.07, 6.45) is 0. The lowest BCUT2D eigenvalue weighted by atomic mass is 9.95. The average molecular weight is 419 g/mol. The number of ether oxygens (including phenoxy) is 1. The molecule has 148 valence electrons. The van der Waals surface area contributed by atoms with Crippen LogP contribution in [0.25, 0.3) is 0 Å². The number of amides is 2. The second-order valence-electron chi connectivity index (χ2n) is 7.22. The van der Waals surface area contributed by atoms with E-state index in [1.54, 1.807) is 37.6 Å². The van der Waals surface area contributed by atoms with Crippen LogP contribution in [0, 0.1) is 5.41 Å². The number of hydrogen-bond acceptors (Lipinski definition) is 4. The predicted molar refractivity (Wildman–Crippen MR) is 115 cm³/mol. The van der Waals surface area contributed by atoms with E-state index in [0.717, 1.165) is 17.0 Å². The van der Waals surface area contributed by atoms with Crippen molar-refractivity contribution in [1.82, 2.24) is 0 Å². The van der Waals surface area contributed by atoms with Crippen LogP contribution in [0.2, 0.25) is 0 Å². The van der Waals surface area contributed by atoms with Crippen molar-refractivity contribution < 1.29 is 14.3 Å². The van der Waals surface area contributed by atoms with Gasteiger partial charge in [-0.15, -0.1) is 23.4 Å². The number of benzene rings is 2. The highest BCUT2D eigenvalue weighted by atomic mass is 35.5. The van der Waals surface area contributed by atoms with Crippen molar-refractivity contribution in [1.29, 1.82) is 0 Å². The Kier molecular flexibility index (Phi) is 6.20. The van der Waals surface area contributed by atoms with Crippen molar-refractivity contribution >= 4 is 46.6 Å². The number of carbonyl (C=O) groups excluding carboxylic acids is 2. The van der Waals surface area contributed by atoms with Crippen LogP contribution in [0.1, 0.15) is 24.8 Å². The standard InChI is InChI=1S/C21H23ClN2O3S/c1-21(2,13-22)20(26)23-15-6-4-14(5-7-15)19-24(18(25)12-28-19)16-8-10-17(27-3)11-9-16/h4-11,19H,12-13H2,1-3H3,(H,23,26)/t19-/m1/s1. The number of halogens is 1. The van der Waals surface area contributed by atoms with Gasteiger partial charge in [-0.05, 0) is 55.8 Å². The maximum Gasteiger partial charge on any atom is 0.238 e. The Hall–Kier alpha value is -2.18. The Morgan fingerprint density at radius 3 is 2.43 bits per heavy atom. The minimum Gasteiger partial charge on any atom is -0.497 e. The van der Waals surface area contributed by atoms with Gasteiger partial charge in [-0.3, -0.25) is 14.5 Å². The largest absolute Gasteiger partial charge is 0.497 e. The van der Waals surface area contributed by atoms with E-state index in [-0.39, 0.29) is 23.1 Å². The van der Waals surface area contributed by atoms with Gasteiger partial charge in [-0.25, -0.2) is 0 Å². The minimum atomic E-state index is -0.640. The molecule has 3 rings (SSSR count). The third kappa shape index (κ3) is 4.28. The zero-order chi connectivity index (χ0) is 20.3. The highest BCUT2D eigenvalue weighted by Crippen LogP contribution is 2.42. The quantitative estimate of drug-likeness (QED) is 0.692. The maximum atomic E-state index is 12.5. The molecular formula is C21H23ClN2O3S. The molecule has 0 aliphatic carbocycles. The topological polar surface area (TPSA) is 58.6 Å². The normalized spacial score (nSPS) is 16.9. The molecule has 1 saturated heterocycles.